The number of aryl methyl sites for hydroxylation is 1. The lowest BCUT2D eigenvalue weighted by Gasteiger charge is -2.28. The number of fused-ring (bicyclic) bond motifs is 1. The van der Waals surface area contributed by atoms with E-state index in [1.165, 1.54) is 0 Å². The molecule has 0 aromatic heterocycles. The largest absolute Gasteiger partial charge is 0.416 e. The maximum Gasteiger partial charge on any atom is 0.416 e. The van der Waals surface area contributed by atoms with E-state index < -0.39 is 33.7 Å². The summed E-state index contributed by atoms with van der Waals surface area (Å²) in [5, 5.41) is 0. The number of amides is 2. The van der Waals surface area contributed by atoms with Crippen LogP contribution in [0.25, 0.3) is 0 Å². The van der Waals surface area contributed by atoms with Gasteiger partial charge in [0.15, 0.2) is 0 Å². The highest BCUT2D eigenvalue weighted by Crippen LogP contribution is 2.44. The molecule has 1 aliphatic heterocycles. The molecule has 10 heteroatoms. The number of rotatable bonds is 9. The molecule has 1 unspecified atom stereocenters. The summed E-state index contributed by atoms with van der Waals surface area (Å²) in [7, 11) is -4.33. The lowest BCUT2D eigenvalue weighted by Crippen LogP contribution is -2.39. The van der Waals surface area contributed by atoms with Crippen LogP contribution in [-0.4, -0.2) is 42.5 Å². The molecule has 0 aliphatic carbocycles. The molecule has 36 heavy (non-hydrogen) atoms. The molecule has 0 radical (unpaired) electrons. The third kappa shape index (κ3) is 5.58. The van der Waals surface area contributed by atoms with Gasteiger partial charge in [-0.15, -0.1) is 0 Å². The van der Waals surface area contributed by atoms with Crippen LogP contribution < -0.4 is 0 Å². The minimum Gasteiger partial charge on any atom is -0.343 e. The summed E-state index contributed by atoms with van der Waals surface area (Å²) >= 11 is 0. The molecule has 0 N–H and O–H groups in total. The van der Waals surface area contributed by atoms with Crippen LogP contribution in [0.5, 0.6) is 0 Å². The van der Waals surface area contributed by atoms with E-state index in [9.17, 15) is 31.2 Å². The average molecular weight is 525 g/mol. The predicted molar refractivity (Wildman–Crippen MR) is 130 cm³/mol. The predicted octanol–water partition coefficient (Wildman–Crippen LogP) is 5.72. The summed E-state index contributed by atoms with van der Waals surface area (Å²) in [5.74, 6) is -1.23. The van der Waals surface area contributed by atoms with Gasteiger partial charge in [0.25, 0.3) is 15.9 Å². The van der Waals surface area contributed by atoms with Crippen molar-refractivity contribution in [1.82, 2.24) is 9.21 Å². The lowest BCUT2D eigenvalue weighted by molar-refractivity contribution is -0.137. The standard InChI is InChI=1S/C26H31F3N2O4S/c1-4-6-15-30(16-7-5-2)23(32)17-22-21-10-8-9-18(3)24(21)36(34,35)31(22)25(33)19-11-13-20(14-12-19)26(27,28)29/h8-14,22H,4-7,15-17H2,1-3H3. The topological polar surface area (TPSA) is 74.8 Å². The van der Waals surface area contributed by atoms with Gasteiger partial charge >= 0.3 is 6.18 Å². The summed E-state index contributed by atoms with van der Waals surface area (Å²) < 4.78 is 66.8. The molecule has 2 aromatic carbocycles. The lowest BCUT2D eigenvalue weighted by atomic mass is 10.00. The summed E-state index contributed by atoms with van der Waals surface area (Å²) in [5.41, 5.74) is -0.379. The zero-order chi connectivity index (χ0) is 26.7. The summed E-state index contributed by atoms with van der Waals surface area (Å²) in [6.07, 6.45) is -1.48. The number of carbonyl (C=O) groups excluding carboxylic acids is 2. The summed E-state index contributed by atoms with van der Waals surface area (Å²) in [6.45, 7) is 6.69. The fourth-order valence-electron chi connectivity index (χ4n) is 4.41. The van der Waals surface area contributed by atoms with Gasteiger partial charge in [0.2, 0.25) is 5.91 Å². The van der Waals surface area contributed by atoms with Gasteiger partial charge in [-0.1, -0.05) is 44.9 Å². The Morgan fingerprint density at radius 1 is 0.972 bits per heavy atom. The fraction of sp³-hybridized carbons (Fsp3) is 0.462. The average Bonchev–Trinajstić information content (AvgIpc) is 3.05. The van der Waals surface area contributed by atoms with Crippen LogP contribution in [0.1, 0.15) is 79.0 Å². The van der Waals surface area contributed by atoms with Crippen molar-refractivity contribution in [3.05, 3.63) is 64.7 Å². The molecule has 1 heterocycles. The van der Waals surface area contributed by atoms with E-state index in [4.69, 9.17) is 0 Å². The molecule has 1 atom stereocenters. The van der Waals surface area contributed by atoms with E-state index in [1.54, 1.807) is 30.0 Å². The van der Waals surface area contributed by atoms with Crippen molar-refractivity contribution < 1.29 is 31.2 Å². The van der Waals surface area contributed by atoms with Crippen molar-refractivity contribution in [2.45, 2.75) is 70.0 Å². The van der Waals surface area contributed by atoms with Gasteiger partial charge in [0.05, 0.1) is 22.9 Å². The molecular weight excluding hydrogens is 493 g/mol. The molecule has 6 nitrogen and oxygen atoms in total. The zero-order valence-electron chi connectivity index (χ0n) is 20.6. The van der Waals surface area contributed by atoms with E-state index in [-0.39, 0.29) is 22.8 Å². The minimum absolute atomic E-state index is 0.0308. The van der Waals surface area contributed by atoms with Crippen molar-refractivity contribution in [1.29, 1.82) is 0 Å². The van der Waals surface area contributed by atoms with Gasteiger partial charge in [-0.3, -0.25) is 9.59 Å². The number of sulfonamides is 1. The van der Waals surface area contributed by atoms with Crippen molar-refractivity contribution in [2.75, 3.05) is 13.1 Å². The first-order chi connectivity index (χ1) is 16.9. The number of hydrogen-bond acceptors (Lipinski definition) is 4. The minimum atomic E-state index is -4.59. The van der Waals surface area contributed by atoms with Gasteiger partial charge in [-0.2, -0.15) is 13.2 Å². The Bertz CT molecular complexity index is 1200. The molecule has 0 bridgehead atoms. The molecular formula is C26H31F3N2O4S. The SMILES string of the molecule is CCCCN(CCCC)C(=O)CC1c2cccc(C)c2S(=O)(=O)N1C(=O)c1ccc(C(F)(F)F)cc1. The molecule has 2 aromatic rings. The van der Waals surface area contributed by atoms with Gasteiger partial charge in [-0.25, -0.2) is 12.7 Å². The molecule has 0 fully saturated rings. The number of carbonyl (C=O) groups is 2. The van der Waals surface area contributed by atoms with Crippen molar-refractivity contribution >= 4 is 21.8 Å². The Labute approximate surface area is 210 Å². The monoisotopic (exact) mass is 524 g/mol. The van der Waals surface area contributed by atoms with Crippen LogP contribution in [0.2, 0.25) is 0 Å². The third-order valence-corrected chi connectivity index (χ3v) is 8.36. The van der Waals surface area contributed by atoms with Crippen LogP contribution >= 0.6 is 0 Å². The van der Waals surface area contributed by atoms with Crippen LogP contribution in [0.4, 0.5) is 13.2 Å². The second-order valence-corrected chi connectivity index (χ2v) is 10.7. The Hall–Kier alpha value is -2.88. The van der Waals surface area contributed by atoms with Gasteiger partial charge < -0.3 is 4.90 Å². The summed E-state index contributed by atoms with van der Waals surface area (Å²) in [6, 6.07) is 7.18. The van der Waals surface area contributed by atoms with Crippen LogP contribution in [-0.2, 0) is 21.0 Å². The number of halogens is 3. The third-order valence-electron chi connectivity index (χ3n) is 6.34. The van der Waals surface area contributed by atoms with E-state index in [0.29, 0.717) is 28.5 Å². The first-order valence-corrected chi connectivity index (χ1v) is 13.5. The smallest absolute Gasteiger partial charge is 0.343 e. The molecule has 3 rings (SSSR count). The Morgan fingerprint density at radius 3 is 2.08 bits per heavy atom. The van der Waals surface area contributed by atoms with E-state index in [2.05, 4.69) is 0 Å². The van der Waals surface area contributed by atoms with Crippen LogP contribution in [0.15, 0.2) is 47.4 Å². The molecule has 0 saturated carbocycles. The second-order valence-electron chi connectivity index (χ2n) is 8.98. The Balaban J connectivity index is 2.02. The zero-order valence-corrected chi connectivity index (χ0v) is 21.5. The maximum absolute atomic E-state index is 13.6. The second kappa shape index (κ2) is 11.0. The Morgan fingerprint density at radius 2 is 1.56 bits per heavy atom. The number of unbranched alkanes of at least 4 members (excludes halogenated alkanes) is 2. The highest BCUT2D eigenvalue weighted by molar-refractivity contribution is 7.90. The maximum atomic E-state index is 13.6. The van der Waals surface area contributed by atoms with Crippen LogP contribution in [0, 0.1) is 6.92 Å². The first kappa shape index (κ1) is 27.7. The number of alkyl halides is 3. The normalized spacial score (nSPS) is 16.6. The van der Waals surface area contributed by atoms with Crippen molar-refractivity contribution in [2.24, 2.45) is 0 Å². The fourth-order valence-corrected chi connectivity index (χ4v) is 6.43. The quantitative estimate of drug-likeness (QED) is 0.421. The van der Waals surface area contributed by atoms with Crippen molar-refractivity contribution in [3.63, 3.8) is 0 Å². The molecule has 1 aliphatic rings. The van der Waals surface area contributed by atoms with Crippen molar-refractivity contribution in [3.8, 4) is 0 Å². The number of benzene rings is 2. The molecule has 0 spiro atoms. The van der Waals surface area contributed by atoms with Gasteiger partial charge in [-0.05, 0) is 55.2 Å². The highest BCUT2D eigenvalue weighted by atomic mass is 32.2. The summed E-state index contributed by atoms with van der Waals surface area (Å²) in [4.78, 5) is 28.5. The van der Waals surface area contributed by atoms with E-state index in [0.717, 1.165) is 49.9 Å². The van der Waals surface area contributed by atoms with Crippen LogP contribution in [0.3, 0.4) is 0 Å². The first-order valence-electron chi connectivity index (χ1n) is 12.1. The highest BCUT2D eigenvalue weighted by Gasteiger charge is 2.47. The number of hydrogen-bond donors (Lipinski definition) is 0. The Kier molecular flexibility index (Phi) is 8.48. The van der Waals surface area contributed by atoms with Gasteiger partial charge in [0, 0.05) is 18.7 Å². The molecule has 196 valence electrons. The molecule has 0 saturated heterocycles. The van der Waals surface area contributed by atoms with E-state index >= 15 is 0 Å². The molecule has 2 amide bonds. The van der Waals surface area contributed by atoms with Gasteiger partial charge in [0.1, 0.15) is 0 Å². The van der Waals surface area contributed by atoms with E-state index in [1.807, 2.05) is 13.8 Å². The number of nitrogens with zero attached hydrogens (tertiary/aromatic N) is 2.